The monoisotopic (exact) mass is 638 g/mol. The summed E-state index contributed by atoms with van der Waals surface area (Å²) < 4.78 is 2.47. The van der Waals surface area contributed by atoms with Crippen molar-refractivity contribution in [3.05, 3.63) is 59.9 Å². The highest BCUT2D eigenvalue weighted by Gasteiger charge is 2.26. The summed E-state index contributed by atoms with van der Waals surface area (Å²) in [5.74, 6) is 1.76. The van der Waals surface area contributed by atoms with E-state index in [9.17, 15) is 0 Å². The first-order valence-corrected chi connectivity index (χ1v) is 18.5. The number of benzene rings is 2. The van der Waals surface area contributed by atoms with E-state index < -0.39 is 0 Å². The number of aryl methyl sites for hydroxylation is 1. The summed E-state index contributed by atoms with van der Waals surface area (Å²) in [7, 11) is 0. The summed E-state index contributed by atoms with van der Waals surface area (Å²) in [4.78, 5) is 5.37. The Balaban J connectivity index is 1.25. The minimum atomic E-state index is 0.603. The molecule has 0 spiro atoms. The predicted octanol–water partition coefficient (Wildman–Crippen LogP) is 8.91. The number of tetrazole rings is 1. The standard InChI is InChI=1S/C35H42N8S2/c1-2-3-18-30-36-31-32(35(45-27-14-8-5-9-15-27)40-39-34(31)44-26-12-6-4-7-13-26)43(30)23-24-19-21-25(22-20-24)28-16-10-11-17-29(28)33-37-41-42-38-33/h10-11,16-17,19-22,26-27H,2-9,12-15,18,23H2,1H3,(H,37,38,41,42). The molecule has 7 rings (SSSR count). The van der Waals surface area contributed by atoms with E-state index in [4.69, 9.17) is 15.2 Å². The Kier molecular flexibility index (Phi) is 9.77. The molecule has 2 aromatic carbocycles. The first-order chi connectivity index (χ1) is 22.3. The molecule has 3 aromatic heterocycles. The molecule has 0 bridgehead atoms. The fourth-order valence-electron chi connectivity index (χ4n) is 6.77. The number of H-pyrrole nitrogens is 1. The third-order valence-electron chi connectivity index (χ3n) is 9.22. The number of aromatic nitrogens is 8. The van der Waals surface area contributed by atoms with Gasteiger partial charge in [-0.25, -0.2) is 4.98 Å². The van der Waals surface area contributed by atoms with Gasteiger partial charge in [0.1, 0.15) is 26.9 Å². The number of imidazole rings is 1. The van der Waals surface area contributed by atoms with Crippen molar-refractivity contribution >= 4 is 34.6 Å². The van der Waals surface area contributed by atoms with Gasteiger partial charge >= 0.3 is 0 Å². The molecule has 45 heavy (non-hydrogen) atoms. The van der Waals surface area contributed by atoms with E-state index in [1.165, 1.54) is 75.3 Å². The van der Waals surface area contributed by atoms with E-state index >= 15 is 0 Å². The summed E-state index contributed by atoms with van der Waals surface area (Å²) in [6.45, 7) is 3.02. The first kappa shape index (κ1) is 30.4. The Labute approximate surface area is 274 Å². The maximum atomic E-state index is 5.37. The Bertz CT molecular complexity index is 1690. The van der Waals surface area contributed by atoms with E-state index in [1.54, 1.807) is 0 Å². The summed E-state index contributed by atoms with van der Waals surface area (Å²) in [6, 6.07) is 17.1. The molecule has 1 N–H and O–H groups in total. The largest absolute Gasteiger partial charge is 0.321 e. The molecule has 0 aliphatic heterocycles. The SMILES string of the molecule is CCCCc1nc2c(SC3CCCCC3)nnc(SC3CCCCC3)c2n1Cc1ccc(-c2ccccc2-c2nn[nH]n2)cc1. The van der Waals surface area contributed by atoms with E-state index in [1.807, 2.05) is 35.7 Å². The topological polar surface area (TPSA) is 98.1 Å². The van der Waals surface area contributed by atoms with E-state index in [0.717, 1.165) is 63.9 Å². The molecule has 2 fully saturated rings. The number of unbranched alkanes of at least 4 members (excludes halogenated alkanes) is 1. The van der Waals surface area contributed by atoms with Crippen LogP contribution >= 0.6 is 23.5 Å². The normalized spacial score (nSPS) is 16.5. The number of rotatable bonds is 11. The van der Waals surface area contributed by atoms with Crippen molar-refractivity contribution in [3.63, 3.8) is 0 Å². The summed E-state index contributed by atoms with van der Waals surface area (Å²) >= 11 is 3.87. The van der Waals surface area contributed by atoms with Crippen molar-refractivity contribution in [2.45, 2.75) is 117 Å². The Hall–Kier alpha value is -3.24. The number of fused-ring (bicyclic) bond motifs is 1. The van der Waals surface area contributed by atoms with Gasteiger partial charge in [-0.3, -0.25) is 0 Å². The first-order valence-electron chi connectivity index (χ1n) is 16.8. The van der Waals surface area contributed by atoms with Crippen LogP contribution in [0.1, 0.15) is 95.4 Å². The predicted molar refractivity (Wildman–Crippen MR) is 184 cm³/mol. The molecule has 8 nitrogen and oxygen atoms in total. The van der Waals surface area contributed by atoms with Crippen molar-refractivity contribution < 1.29 is 0 Å². The van der Waals surface area contributed by atoms with Crippen LogP contribution < -0.4 is 0 Å². The van der Waals surface area contributed by atoms with Gasteiger partial charge < -0.3 is 4.57 Å². The molecule has 2 aliphatic carbocycles. The fraction of sp³-hybridized carbons (Fsp3) is 0.486. The summed E-state index contributed by atoms with van der Waals surface area (Å²) in [5.41, 5.74) is 6.69. The van der Waals surface area contributed by atoms with Gasteiger partial charge in [0, 0.05) is 29.0 Å². The number of hydrogen-bond donors (Lipinski definition) is 1. The molecule has 0 radical (unpaired) electrons. The van der Waals surface area contributed by atoms with E-state index in [0.29, 0.717) is 16.3 Å². The molecular weight excluding hydrogens is 597 g/mol. The Morgan fingerprint density at radius 3 is 2.11 bits per heavy atom. The van der Waals surface area contributed by atoms with Crippen LogP contribution in [0.4, 0.5) is 0 Å². The lowest BCUT2D eigenvalue weighted by Crippen LogP contribution is -2.11. The van der Waals surface area contributed by atoms with Crippen LogP contribution in [0, 0.1) is 0 Å². The minimum Gasteiger partial charge on any atom is -0.321 e. The molecule has 3 heterocycles. The van der Waals surface area contributed by atoms with Crippen molar-refractivity contribution in [1.29, 1.82) is 0 Å². The Morgan fingerprint density at radius 1 is 0.778 bits per heavy atom. The molecule has 2 aliphatic rings. The molecule has 0 unspecified atom stereocenters. The van der Waals surface area contributed by atoms with Gasteiger partial charge in [-0.1, -0.05) is 124 Å². The second-order valence-electron chi connectivity index (χ2n) is 12.5. The fourth-order valence-corrected chi connectivity index (χ4v) is 9.28. The van der Waals surface area contributed by atoms with Crippen LogP contribution in [0.3, 0.4) is 0 Å². The number of thioether (sulfide) groups is 2. The second-order valence-corrected chi connectivity index (χ2v) is 15.0. The molecule has 10 heteroatoms. The summed E-state index contributed by atoms with van der Waals surface area (Å²) in [6.07, 6.45) is 16.2. The van der Waals surface area contributed by atoms with Crippen LogP contribution in [-0.2, 0) is 13.0 Å². The van der Waals surface area contributed by atoms with Gasteiger partial charge in [-0.2, -0.15) is 5.21 Å². The molecular formula is C35H42N8S2. The zero-order valence-corrected chi connectivity index (χ0v) is 27.8. The molecule has 0 saturated heterocycles. The van der Waals surface area contributed by atoms with E-state index in [2.05, 4.69) is 68.5 Å². The quantitative estimate of drug-likeness (QED) is 0.153. The lowest BCUT2D eigenvalue weighted by atomic mass is 9.98. The number of nitrogens with one attached hydrogen (secondary N) is 1. The zero-order chi connectivity index (χ0) is 30.4. The maximum Gasteiger partial charge on any atom is 0.205 e. The highest BCUT2D eigenvalue weighted by Crippen LogP contribution is 2.41. The highest BCUT2D eigenvalue weighted by atomic mass is 32.2. The Morgan fingerprint density at radius 2 is 1.44 bits per heavy atom. The average Bonchev–Trinajstić information content (AvgIpc) is 3.76. The van der Waals surface area contributed by atoms with Gasteiger partial charge in [0.2, 0.25) is 5.82 Å². The number of aromatic amines is 1. The van der Waals surface area contributed by atoms with Crippen molar-refractivity contribution in [1.82, 2.24) is 40.4 Å². The lowest BCUT2D eigenvalue weighted by molar-refractivity contribution is 0.515. The molecule has 2 saturated carbocycles. The van der Waals surface area contributed by atoms with E-state index in [-0.39, 0.29) is 0 Å². The highest BCUT2D eigenvalue weighted by molar-refractivity contribution is 8.00. The zero-order valence-electron chi connectivity index (χ0n) is 26.1. The van der Waals surface area contributed by atoms with Crippen LogP contribution in [0.5, 0.6) is 0 Å². The average molecular weight is 639 g/mol. The van der Waals surface area contributed by atoms with Gasteiger partial charge in [0.05, 0.1) is 0 Å². The molecule has 5 aromatic rings. The van der Waals surface area contributed by atoms with Crippen LogP contribution in [0.2, 0.25) is 0 Å². The molecule has 234 valence electrons. The van der Waals surface area contributed by atoms with Gasteiger partial charge in [-0.05, 0) is 54.0 Å². The van der Waals surface area contributed by atoms with Gasteiger partial charge in [-0.15, -0.1) is 20.4 Å². The smallest absolute Gasteiger partial charge is 0.205 e. The second kappa shape index (κ2) is 14.5. The maximum absolute atomic E-state index is 5.37. The number of hydrogen-bond acceptors (Lipinski definition) is 8. The van der Waals surface area contributed by atoms with Crippen LogP contribution in [0.15, 0.2) is 58.6 Å². The van der Waals surface area contributed by atoms with Crippen LogP contribution in [0.25, 0.3) is 33.5 Å². The van der Waals surface area contributed by atoms with Crippen molar-refractivity contribution in [2.24, 2.45) is 0 Å². The van der Waals surface area contributed by atoms with Gasteiger partial charge in [0.25, 0.3) is 0 Å². The van der Waals surface area contributed by atoms with Gasteiger partial charge in [0.15, 0.2) is 0 Å². The van der Waals surface area contributed by atoms with Crippen LogP contribution in [-0.4, -0.2) is 50.9 Å². The summed E-state index contributed by atoms with van der Waals surface area (Å²) in [5, 5.41) is 27.9. The van der Waals surface area contributed by atoms with Crippen molar-refractivity contribution in [3.8, 4) is 22.5 Å². The third kappa shape index (κ3) is 6.97. The molecule has 0 atom stereocenters. The molecule has 0 amide bonds. The minimum absolute atomic E-state index is 0.603. The lowest BCUT2D eigenvalue weighted by Gasteiger charge is -2.22. The van der Waals surface area contributed by atoms with Crippen molar-refractivity contribution in [2.75, 3.05) is 0 Å². The number of nitrogens with zero attached hydrogens (tertiary/aromatic N) is 7. The third-order valence-corrected chi connectivity index (χ3v) is 11.8.